The molecule has 0 saturated carbocycles. The Morgan fingerprint density at radius 2 is 2.18 bits per heavy atom. The summed E-state index contributed by atoms with van der Waals surface area (Å²) in [4.78, 5) is 23.5. The number of carbonyl (C=O) groups excluding carboxylic acids is 2. The molecular weight excluding hydrogens is 282 g/mol. The molecule has 0 bridgehead atoms. The number of anilines is 1. The van der Waals surface area contributed by atoms with Crippen molar-refractivity contribution in [3.63, 3.8) is 0 Å². The number of carbonyl (C=O) groups is 2. The first-order valence-electron chi connectivity index (χ1n) is 7.69. The highest BCUT2D eigenvalue weighted by Gasteiger charge is 2.16. The van der Waals surface area contributed by atoms with Gasteiger partial charge in [-0.3, -0.25) is 9.59 Å². The van der Waals surface area contributed by atoms with Crippen molar-refractivity contribution in [2.24, 2.45) is 0 Å². The molecule has 1 unspecified atom stereocenters. The van der Waals surface area contributed by atoms with Crippen LogP contribution in [0.3, 0.4) is 0 Å². The van der Waals surface area contributed by atoms with Crippen LogP contribution in [-0.4, -0.2) is 44.2 Å². The van der Waals surface area contributed by atoms with Gasteiger partial charge in [0.2, 0.25) is 5.91 Å². The molecule has 1 atom stereocenters. The second kappa shape index (κ2) is 8.38. The van der Waals surface area contributed by atoms with Crippen molar-refractivity contribution in [3.8, 4) is 0 Å². The third-order valence-corrected chi connectivity index (χ3v) is 3.47. The molecule has 1 aromatic carbocycles. The normalized spacial score (nSPS) is 17.0. The first kappa shape index (κ1) is 16.3. The largest absolute Gasteiger partial charge is 0.376 e. The highest BCUT2D eigenvalue weighted by molar-refractivity contribution is 5.95. The van der Waals surface area contributed by atoms with E-state index in [-0.39, 0.29) is 24.5 Å². The molecule has 1 aliphatic heterocycles. The SMILES string of the molecule is CCNC(=O)CNc1cccc(C(=O)NCC2CCCO2)c1. The Labute approximate surface area is 130 Å². The van der Waals surface area contributed by atoms with Crippen molar-refractivity contribution in [2.45, 2.75) is 25.9 Å². The van der Waals surface area contributed by atoms with Gasteiger partial charge < -0.3 is 20.7 Å². The number of rotatable bonds is 7. The van der Waals surface area contributed by atoms with Gasteiger partial charge in [0.15, 0.2) is 0 Å². The van der Waals surface area contributed by atoms with E-state index in [2.05, 4.69) is 16.0 Å². The minimum absolute atomic E-state index is 0.0734. The van der Waals surface area contributed by atoms with Crippen molar-refractivity contribution in [1.82, 2.24) is 10.6 Å². The molecule has 1 aliphatic rings. The smallest absolute Gasteiger partial charge is 0.251 e. The molecule has 0 radical (unpaired) electrons. The number of hydrogen-bond acceptors (Lipinski definition) is 4. The van der Waals surface area contributed by atoms with E-state index >= 15 is 0 Å². The molecule has 120 valence electrons. The fourth-order valence-corrected chi connectivity index (χ4v) is 2.33. The number of benzene rings is 1. The van der Waals surface area contributed by atoms with Crippen LogP contribution in [-0.2, 0) is 9.53 Å². The molecule has 0 aromatic heterocycles. The lowest BCUT2D eigenvalue weighted by Gasteiger charge is -2.12. The Kier molecular flexibility index (Phi) is 6.21. The summed E-state index contributed by atoms with van der Waals surface area (Å²) in [5.74, 6) is -0.201. The maximum absolute atomic E-state index is 12.1. The summed E-state index contributed by atoms with van der Waals surface area (Å²) in [6.45, 7) is 3.98. The lowest BCUT2D eigenvalue weighted by Crippen LogP contribution is -2.32. The van der Waals surface area contributed by atoms with E-state index in [9.17, 15) is 9.59 Å². The van der Waals surface area contributed by atoms with Crippen molar-refractivity contribution in [3.05, 3.63) is 29.8 Å². The summed E-state index contributed by atoms with van der Waals surface area (Å²) in [7, 11) is 0. The van der Waals surface area contributed by atoms with Gasteiger partial charge >= 0.3 is 0 Å². The molecule has 22 heavy (non-hydrogen) atoms. The van der Waals surface area contributed by atoms with Gasteiger partial charge in [-0.2, -0.15) is 0 Å². The van der Waals surface area contributed by atoms with Gasteiger partial charge in [0.05, 0.1) is 12.6 Å². The van der Waals surface area contributed by atoms with Gasteiger partial charge in [0, 0.05) is 30.9 Å². The third-order valence-electron chi connectivity index (χ3n) is 3.47. The molecule has 2 rings (SSSR count). The van der Waals surface area contributed by atoms with Gasteiger partial charge in [-0.1, -0.05) is 6.07 Å². The first-order chi connectivity index (χ1) is 10.7. The van der Waals surface area contributed by atoms with Crippen LogP contribution >= 0.6 is 0 Å². The summed E-state index contributed by atoms with van der Waals surface area (Å²) in [5, 5.41) is 8.60. The van der Waals surface area contributed by atoms with Crippen molar-refractivity contribution in [1.29, 1.82) is 0 Å². The van der Waals surface area contributed by atoms with Crippen molar-refractivity contribution in [2.75, 3.05) is 31.6 Å². The molecule has 1 heterocycles. The van der Waals surface area contributed by atoms with E-state index in [4.69, 9.17) is 4.74 Å². The zero-order chi connectivity index (χ0) is 15.8. The molecule has 3 N–H and O–H groups in total. The number of likely N-dealkylation sites (N-methyl/N-ethyl adjacent to an activating group) is 1. The lowest BCUT2D eigenvalue weighted by molar-refractivity contribution is -0.119. The first-order valence-corrected chi connectivity index (χ1v) is 7.69. The van der Waals surface area contributed by atoms with Crippen LogP contribution < -0.4 is 16.0 Å². The van der Waals surface area contributed by atoms with E-state index < -0.39 is 0 Å². The van der Waals surface area contributed by atoms with Crippen LogP contribution in [0.25, 0.3) is 0 Å². The summed E-state index contributed by atoms with van der Waals surface area (Å²) in [6, 6.07) is 7.11. The Morgan fingerprint density at radius 3 is 2.91 bits per heavy atom. The summed E-state index contributed by atoms with van der Waals surface area (Å²) in [5.41, 5.74) is 1.31. The molecule has 1 fully saturated rings. The van der Waals surface area contributed by atoms with E-state index in [0.717, 1.165) is 25.1 Å². The van der Waals surface area contributed by atoms with Crippen LogP contribution in [0.5, 0.6) is 0 Å². The standard InChI is InChI=1S/C16H23N3O3/c1-2-17-15(20)11-18-13-6-3-5-12(9-13)16(21)19-10-14-7-4-8-22-14/h3,5-6,9,14,18H,2,4,7-8,10-11H2,1H3,(H,17,20)(H,19,21). The Morgan fingerprint density at radius 1 is 1.32 bits per heavy atom. The highest BCUT2D eigenvalue weighted by Crippen LogP contribution is 2.12. The Bertz CT molecular complexity index is 513. The molecule has 0 spiro atoms. The average molecular weight is 305 g/mol. The van der Waals surface area contributed by atoms with Crippen LogP contribution in [0.15, 0.2) is 24.3 Å². The molecule has 1 saturated heterocycles. The highest BCUT2D eigenvalue weighted by atomic mass is 16.5. The number of amides is 2. The zero-order valence-electron chi connectivity index (χ0n) is 12.9. The van der Waals surface area contributed by atoms with Crippen LogP contribution in [0.4, 0.5) is 5.69 Å². The van der Waals surface area contributed by atoms with Gasteiger partial charge in [-0.05, 0) is 38.0 Å². The fourth-order valence-electron chi connectivity index (χ4n) is 2.33. The average Bonchev–Trinajstić information content (AvgIpc) is 3.04. The third kappa shape index (κ3) is 5.04. The van der Waals surface area contributed by atoms with E-state index in [1.54, 1.807) is 18.2 Å². The van der Waals surface area contributed by atoms with Crippen molar-refractivity contribution < 1.29 is 14.3 Å². The molecule has 6 nitrogen and oxygen atoms in total. The van der Waals surface area contributed by atoms with Gasteiger partial charge in [-0.25, -0.2) is 0 Å². The van der Waals surface area contributed by atoms with E-state index in [0.29, 0.717) is 18.7 Å². The molecule has 0 aliphatic carbocycles. The van der Waals surface area contributed by atoms with Gasteiger partial charge in [-0.15, -0.1) is 0 Å². The molecule has 6 heteroatoms. The number of nitrogens with one attached hydrogen (secondary N) is 3. The quantitative estimate of drug-likeness (QED) is 0.706. The minimum Gasteiger partial charge on any atom is -0.376 e. The predicted molar refractivity (Wildman–Crippen MR) is 84.9 cm³/mol. The molecular formula is C16H23N3O3. The summed E-state index contributed by atoms with van der Waals surface area (Å²) >= 11 is 0. The van der Waals surface area contributed by atoms with Crippen molar-refractivity contribution >= 4 is 17.5 Å². The van der Waals surface area contributed by atoms with E-state index in [1.807, 2.05) is 13.0 Å². The van der Waals surface area contributed by atoms with E-state index in [1.165, 1.54) is 0 Å². The van der Waals surface area contributed by atoms with Crippen LogP contribution in [0.2, 0.25) is 0 Å². The van der Waals surface area contributed by atoms with Crippen LogP contribution in [0.1, 0.15) is 30.1 Å². The maximum Gasteiger partial charge on any atom is 0.251 e. The second-order valence-electron chi connectivity index (χ2n) is 5.23. The van der Waals surface area contributed by atoms with Gasteiger partial charge in [0.1, 0.15) is 0 Å². The van der Waals surface area contributed by atoms with Gasteiger partial charge in [0.25, 0.3) is 5.91 Å². The molecule has 1 aromatic rings. The topological polar surface area (TPSA) is 79.5 Å². The minimum atomic E-state index is -0.128. The predicted octanol–water partition coefficient (Wildman–Crippen LogP) is 1.14. The monoisotopic (exact) mass is 305 g/mol. The zero-order valence-corrected chi connectivity index (χ0v) is 12.9. The second-order valence-corrected chi connectivity index (χ2v) is 5.23. The fraction of sp³-hybridized carbons (Fsp3) is 0.500. The summed E-state index contributed by atoms with van der Waals surface area (Å²) < 4.78 is 5.48. The number of ether oxygens (including phenoxy) is 1. The lowest BCUT2D eigenvalue weighted by atomic mass is 10.1. The Balaban J connectivity index is 1.84. The maximum atomic E-state index is 12.1. The molecule has 2 amide bonds. The number of hydrogen-bond donors (Lipinski definition) is 3. The summed E-state index contributed by atoms with van der Waals surface area (Å²) in [6.07, 6.45) is 2.18. The Hall–Kier alpha value is -2.08. The van der Waals surface area contributed by atoms with Crippen LogP contribution in [0, 0.1) is 0 Å².